The van der Waals surface area contributed by atoms with Gasteiger partial charge in [-0.25, -0.2) is 4.39 Å². The van der Waals surface area contributed by atoms with Crippen LogP contribution in [0.3, 0.4) is 0 Å². The van der Waals surface area contributed by atoms with Crippen LogP contribution in [0.15, 0.2) is 53.1 Å². The predicted octanol–water partition coefficient (Wildman–Crippen LogP) is 5.96. The van der Waals surface area contributed by atoms with E-state index in [9.17, 15) is 14.3 Å². The van der Waals surface area contributed by atoms with Crippen molar-refractivity contribution in [2.75, 3.05) is 72.0 Å². The van der Waals surface area contributed by atoms with E-state index in [1.807, 2.05) is 24.3 Å². The molecular formula is C45H64FN7O4. The van der Waals surface area contributed by atoms with Gasteiger partial charge in [-0.3, -0.25) is 4.79 Å². The van der Waals surface area contributed by atoms with Gasteiger partial charge in [0.2, 0.25) is 0 Å². The number of piperidine rings is 5. The summed E-state index contributed by atoms with van der Waals surface area (Å²) in [4.78, 5) is 26.7. The number of rotatable bonds is 10. The van der Waals surface area contributed by atoms with Gasteiger partial charge in [0.15, 0.2) is 0 Å². The predicted molar refractivity (Wildman–Crippen MR) is 223 cm³/mol. The number of hydrogen-bond acceptors (Lipinski definition) is 9. The molecule has 12 heteroatoms. The number of furan rings is 1. The Kier molecular flexibility index (Phi) is 13.4. The number of halogens is 1. The normalized spacial score (nSPS) is 24.0. The Labute approximate surface area is 337 Å². The van der Waals surface area contributed by atoms with Crippen molar-refractivity contribution in [3.8, 4) is 5.75 Å². The summed E-state index contributed by atoms with van der Waals surface area (Å²) in [5, 5.41) is 14.4. The van der Waals surface area contributed by atoms with E-state index in [1.165, 1.54) is 89.8 Å². The van der Waals surface area contributed by atoms with Gasteiger partial charge in [0, 0.05) is 85.8 Å². The fourth-order valence-corrected chi connectivity index (χ4v) is 9.94. The molecule has 0 spiro atoms. The third-order valence-corrected chi connectivity index (χ3v) is 13.4. The first-order valence-electron chi connectivity index (χ1n) is 21.9. The van der Waals surface area contributed by atoms with Crippen molar-refractivity contribution < 1.29 is 23.4 Å². The second-order valence-corrected chi connectivity index (χ2v) is 17.4. The topological polar surface area (TPSA) is 126 Å². The molecule has 11 nitrogen and oxygen atoms in total. The van der Waals surface area contributed by atoms with Crippen molar-refractivity contribution >= 4 is 27.8 Å². The number of carbonyl (C=O) groups is 1. The van der Waals surface area contributed by atoms with Crippen LogP contribution >= 0.6 is 0 Å². The van der Waals surface area contributed by atoms with Crippen LogP contribution in [-0.4, -0.2) is 132 Å². The molecule has 2 aromatic carbocycles. The number of aliphatic hydroxyl groups is 1. The Bertz CT molecular complexity index is 1890. The Morgan fingerprint density at radius 2 is 1.58 bits per heavy atom. The van der Waals surface area contributed by atoms with Crippen molar-refractivity contribution in [2.45, 2.75) is 101 Å². The Morgan fingerprint density at radius 1 is 0.842 bits per heavy atom. The summed E-state index contributed by atoms with van der Waals surface area (Å²) in [7, 11) is 0. The molecule has 0 aliphatic carbocycles. The maximum absolute atomic E-state index is 13.7. The summed E-state index contributed by atoms with van der Waals surface area (Å²) in [6.07, 6.45) is 14.7. The van der Waals surface area contributed by atoms with E-state index >= 15 is 0 Å². The van der Waals surface area contributed by atoms with E-state index in [1.54, 1.807) is 12.3 Å². The average molecular weight is 786 g/mol. The van der Waals surface area contributed by atoms with Crippen molar-refractivity contribution in [1.29, 1.82) is 0 Å². The van der Waals surface area contributed by atoms with Crippen LogP contribution in [0.4, 0.5) is 4.39 Å². The van der Waals surface area contributed by atoms with Gasteiger partial charge in [-0.1, -0.05) is 12.5 Å². The summed E-state index contributed by atoms with van der Waals surface area (Å²) >= 11 is 0. The number of nitrogens with two attached hydrogens (primary N) is 1. The molecule has 0 unspecified atom stereocenters. The lowest BCUT2D eigenvalue weighted by atomic mass is 9.83. The largest absolute Gasteiger partial charge is 0.488 e. The van der Waals surface area contributed by atoms with Crippen LogP contribution in [0.25, 0.3) is 21.9 Å². The number of likely N-dealkylation sites (tertiary alicyclic amines) is 3. The molecule has 5 aliphatic heterocycles. The third-order valence-electron chi connectivity index (χ3n) is 13.4. The van der Waals surface area contributed by atoms with Gasteiger partial charge in [-0.15, -0.1) is 0 Å². The number of carbonyl (C=O) groups excluding carboxylic acids is 1. The van der Waals surface area contributed by atoms with Gasteiger partial charge in [0.05, 0.1) is 12.4 Å². The van der Waals surface area contributed by atoms with Crippen LogP contribution in [-0.2, 0) is 6.61 Å². The van der Waals surface area contributed by atoms with Crippen molar-refractivity contribution in [1.82, 2.24) is 29.9 Å². The zero-order valence-electron chi connectivity index (χ0n) is 33.7. The summed E-state index contributed by atoms with van der Waals surface area (Å²) in [5.74, 6) is 1.15. The molecule has 5 fully saturated rings. The molecule has 7 heterocycles. The minimum Gasteiger partial charge on any atom is -0.488 e. The smallest absolute Gasteiger partial charge is 0.267 e. The number of amides is 1. The molecule has 4 aromatic rings. The number of nitrogens with zero attached hydrogens (tertiary/aromatic N) is 4. The number of hydrogen-bond donors (Lipinski definition) is 4. The van der Waals surface area contributed by atoms with Gasteiger partial charge < -0.3 is 49.9 Å². The molecule has 5 N–H and O–H groups in total. The van der Waals surface area contributed by atoms with Crippen LogP contribution < -0.4 is 15.8 Å². The first-order chi connectivity index (χ1) is 27.8. The molecule has 5 aliphatic rings. The van der Waals surface area contributed by atoms with Gasteiger partial charge in [-0.05, 0) is 133 Å². The second-order valence-electron chi connectivity index (χ2n) is 17.4. The van der Waals surface area contributed by atoms with Crippen LogP contribution in [0, 0.1) is 11.7 Å². The number of aromatic amines is 1. The van der Waals surface area contributed by atoms with Crippen molar-refractivity contribution in [3.05, 3.63) is 65.8 Å². The zero-order valence-corrected chi connectivity index (χ0v) is 33.7. The molecule has 0 bridgehead atoms. The maximum atomic E-state index is 13.7. The number of ether oxygens (including phenoxy) is 1. The van der Waals surface area contributed by atoms with Crippen LogP contribution in [0.2, 0.25) is 0 Å². The van der Waals surface area contributed by atoms with Crippen LogP contribution in [0.1, 0.15) is 86.7 Å². The van der Waals surface area contributed by atoms with Gasteiger partial charge in [0.25, 0.3) is 5.91 Å². The molecule has 0 radical (unpaired) electrons. The van der Waals surface area contributed by atoms with E-state index in [-0.39, 0.29) is 30.5 Å². The number of nitrogens with one attached hydrogen (secondary N) is 2. The van der Waals surface area contributed by atoms with E-state index in [0.717, 1.165) is 93.4 Å². The lowest BCUT2D eigenvalue weighted by Crippen LogP contribution is -2.52. The van der Waals surface area contributed by atoms with Crippen molar-refractivity contribution in [2.24, 2.45) is 11.7 Å². The molecule has 9 rings (SSSR count). The van der Waals surface area contributed by atoms with E-state index in [2.05, 4.69) is 29.9 Å². The van der Waals surface area contributed by atoms with E-state index in [0.29, 0.717) is 28.5 Å². The van der Waals surface area contributed by atoms with Gasteiger partial charge in [-0.2, -0.15) is 0 Å². The fourth-order valence-electron chi connectivity index (χ4n) is 9.94. The van der Waals surface area contributed by atoms with Crippen LogP contribution in [0.5, 0.6) is 5.75 Å². The number of aliphatic hydroxyl groups excluding tert-OH is 1. The maximum Gasteiger partial charge on any atom is 0.267 e. The lowest BCUT2D eigenvalue weighted by molar-refractivity contribution is 0.0361. The quantitative estimate of drug-likeness (QED) is 0.154. The number of H-pyrrole nitrogens is 1. The molecule has 57 heavy (non-hydrogen) atoms. The third kappa shape index (κ3) is 10.4. The number of benzene rings is 2. The van der Waals surface area contributed by atoms with Gasteiger partial charge >= 0.3 is 0 Å². The summed E-state index contributed by atoms with van der Waals surface area (Å²) in [6.45, 7) is 12.7. The van der Waals surface area contributed by atoms with Crippen molar-refractivity contribution in [3.63, 3.8) is 0 Å². The average Bonchev–Trinajstić information content (AvgIpc) is 3.86. The lowest BCUT2D eigenvalue weighted by Gasteiger charge is -2.46. The Balaban J connectivity index is 0.000000210. The van der Waals surface area contributed by atoms with Gasteiger partial charge in [0.1, 0.15) is 29.5 Å². The van der Waals surface area contributed by atoms with E-state index in [4.69, 9.17) is 14.9 Å². The molecule has 310 valence electrons. The zero-order chi connectivity index (χ0) is 39.1. The molecule has 5 saturated heterocycles. The highest BCUT2D eigenvalue weighted by atomic mass is 19.1. The summed E-state index contributed by atoms with van der Waals surface area (Å²) in [5.41, 5.74) is 8.70. The SMILES string of the molecule is NC1CCN(C[C@@H]2CCCN3CCCC[C@H]23)CC1.O=C(NC1CCN(CCN2CCC(O)CC2)CC1)c1cc2c(OCc3coc4ccc(F)cc34)cccc2[nH]1. The Morgan fingerprint density at radius 3 is 2.37 bits per heavy atom. The minimum absolute atomic E-state index is 0.112. The highest BCUT2D eigenvalue weighted by Gasteiger charge is 2.34. The van der Waals surface area contributed by atoms with E-state index < -0.39 is 0 Å². The number of fused-ring (bicyclic) bond motifs is 3. The fraction of sp³-hybridized carbons (Fsp3) is 0.622. The molecular weight excluding hydrogens is 722 g/mol. The summed E-state index contributed by atoms with van der Waals surface area (Å²) < 4.78 is 25.3. The standard InChI is InChI=1S/C30H35FN4O4.C15H29N3/c31-21-4-5-29-24(16-21)20(19-39-29)18-38-28-3-1-2-26-25(28)17-27(33-26)30(37)32-22-6-10-34(11-7-22)14-15-35-12-8-23(36)9-13-35;16-14-6-10-17(11-7-14)12-13-4-3-9-18-8-2-1-5-15(13)18/h1-5,16-17,19,22-23,33,36H,6-15,18H2,(H,32,37);13-15H,1-12,16H2/t;13-,15+/m.0/s1. The Hall–Kier alpha value is -3.52. The minimum atomic E-state index is -0.321. The monoisotopic (exact) mass is 786 g/mol. The highest BCUT2D eigenvalue weighted by molar-refractivity contribution is 5.99. The molecule has 0 saturated carbocycles. The number of aromatic nitrogens is 1. The summed E-state index contributed by atoms with van der Waals surface area (Å²) in [6, 6.07) is 13.4. The first kappa shape index (κ1) is 40.3. The molecule has 2 atom stereocenters. The second kappa shape index (κ2) is 19.0. The molecule has 2 aromatic heterocycles. The molecule has 1 amide bonds. The highest BCUT2D eigenvalue weighted by Crippen LogP contribution is 2.32. The first-order valence-corrected chi connectivity index (χ1v) is 21.9.